The first-order valence-electron chi connectivity index (χ1n) is 15.4. The van der Waals surface area contributed by atoms with Crippen molar-refractivity contribution < 1.29 is 9.63 Å². The molecule has 0 aromatic carbocycles. The topological polar surface area (TPSA) is 32.8 Å². The molecule has 1 amide bonds. The van der Waals surface area contributed by atoms with Crippen LogP contribution >= 0.6 is 12.4 Å². The molecule has 5 heteroatoms. The number of rotatable bonds is 9. The molecule has 214 valence electrons. The minimum absolute atomic E-state index is 0. The van der Waals surface area contributed by atoms with Crippen LogP contribution in [-0.4, -0.2) is 36.3 Å². The molecule has 0 bridgehead atoms. The van der Waals surface area contributed by atoms with Gasteiger partial charge < -0.3 is 0 Å². The van der Waals surface area contributed by atoms with Crippen LogP contribution in [0, 0.1) is 46.3 Å². The van der Waals surface area contributed by atoms with Crippen LogP contribution in [-0.2, 0) is 9.63 Å². The molecular weight excluding hydrogens is 480 g/mol. The third-order valence-electron chi connectivity index (χ3n) is 11.4. The van der Waals surface area contributed by atoms with E-state index in [1.165, 1.54) is 63.0 Å². The zero-order valence-electron chi connectivity index (χ0n) is 25.2. The number of hydrogen-bond donors (Lipinski definition) is 0. The van der Waals surface area contributed by atoms with Gasteiger partial charge in [0.05, 0.1) is 6.10 Å². The highest BCUT2D eigenvalue weighted by Gasteiger charge is 2.59. The summed E-state index contributed by atoms with van der Waals surface area (Å²) in [7, 11) is 3.79. The molecule has 3 fully saturated rings. The van der Waals surface area contributed by atoms with Crippen LogP contribution in [0.5, 0.6) is 0 Å². The van der Waals surface area contributed by atoms with Crippen LogP contribution < -0.4 is 0 Å². The summed E-state index contributed by atoms with van der Waals surface area (Å²) in [5, 5.41) is 3.28. The number of amides is 1. The maximum atomic E-state index is 12.4. The van der Waals surface area contributed by atoms with Crippen molar-refractivity contribution in [3.8, 4) is 0 Å². The minimum atomic E-state index is 0. The first kappa shape index (κ1) is 31.0. The summed E-state index contributed by atoms with van der Waals surface area (Å²) in [6.07, 6.45) is 17.7. The van der Waals surface area contributed by atoms with Gasteiger partial charge >= 0.3 is 0 Å². The Kier molecular flexibility index (Phi) is 10.3. The summed E-state index contributed by atoms with van der Waals surface area (Å²) in [5.41, 5.74) is 2.50. The second kappa shape index (κ2) is 12.3. The first-order chi connectivity index (χ1) is 17.0. The number of hydroxylamine groups is 1. The predicted octanol–water partition coefficient (Wildman–Crippen LogP) is 8.47. The Balaban J connectivity index is 0.00000380. The number of carbonyl (C=O) groups excluding carboxylic acids is 1. The van der Waals surface area contributed by atoms with Crippen molar-refractivity contribution in [3.63, 3.8) is 0 Å². The molecule has 0 aliphatic heterocycles. The molecule has 4 nitrogen and oxygen atoms in total. The molecule has 8 atom stereocenters. The Hall–Kier alpha value is -0.580. The molecule has 4 rings (SSSR count). The molecule has 37 heavy (non-hydrogen) atoms. The number of fused-ring (bicyclic) bond motifs is 5. The van der Waals surface area contributed by atoms with Gasteiger partial charge in [0, 0.05) is 20.5 Å². The van der Waals surface area contributed by atoms with Gasteiger partial charge in [-0.25, -0.2) is 0 Å². The van der Waals surface area contributed by atoms with E-state index in [2.05, 4.69) is 40.7 Å². The lowest BCUT2D eigenvalue weighted by Gasteiger charge is -2.58. The molecule has 0 heterocycles. The van der Waals surface area contributed by atoms with E-state index in [1.807, 2.05) is 21.0 Å². The van der Waals surface area contributed by atoms with E-state index >= 15 is 0 Å². The smallest absolute Gasteiger partial charge is 0.261 e. The van der Waals surface area contributed by atoms with Crippen molar-refractivity contribution in [2.24, 2.45) is 46.3 Å². The Morgan fingerprint density at radius 2 is 1.78 bits per heavy atom. The largest absolute Gasteiger partial charge is 0.271 e. The van der Waals surface area contributed by atoms with Gasteiger partial charge in [-0.1, -0.05) is 72.5 Å². The highest BCUT2D eigenvalue weighted by molar-refractivity contribution is 5.85. The summed E-state index contributed by atoms with van der Waals surface area (Å²) in [5.74, 6) is 5.26. The lowest BCUT2D eigenvalue weighted by atomic mass is 9.47. The summed E-state index contributed by atoms with van der Waals surface area (Å²) in [6, 6.07) is 0. The predicted molar refractivity (Wildman–Crippen MR) is 156 cm³/mol. The van der Waals surface area contributed by atoms with E-state index in [9.17, 15) is 4.79 Å². The zero-order valence-corrected chi connectivity index (χ0v) is 26.0. The molecule has 4 aliphatic carbocycles. The molecule has 0 radical (unpaired) electrons. The van der Waals surface area contributed by atoms with Gasteiger partial charge in [0.15, 0.2) is 0 Å². The normalized spacial score (nSPS) is 37.8. The third-order valence-corrected chi connectivity index (χ3v) is 11.4. The second-order valence-electron chi connectivity index (χ2n) is 14.1. The van der Waals surface area contributed by atoms with E-state index in [0.717, 1.165) is 48.3 Å². The lowest BCUT2D eigenvalue weighted by molar-refractivity contribution is -0.281. The molecule has 0 spiro atoms. The van der Waals surface area contributed by atoms with Gasteiger partial charge in [-0.2, -0.15) is 5.01 Å². The van der Waals surface area contributed by atoms with Gasteiger partial charge in [-0.15, -0.1) is 17.6 Å². The second-order valence-corrected chi connectivity index (χ2v) is 14.1. The molecular formula is C32H57ClN2O2. The fraction of sp³-hybridized carbons (Fsp3) is 0.906. The molecule has 0 aromatic heterocycles. The van der Waals surface area contributed by atoms with Crippen LogP contribution in [0.4, 0.5) is 0 Å². The first-order valence-corrected chi connectivity index (χ1v) is 15.4. The fourth-order valence-electron chi connectivity index (χ4n) is 9.39. The number of hydrazine groups is 1. The molecule has 4 unspecified atom stereocenters. The minimum Gasteiger partial charge on any atom is -0.271 e. The van der Waals surface area contributed by atoms with E-state index in [0.29, 0.717) is 17.3 Å². The van der Waals surface area contributed by atoms with Crippen molar-refractivity contribution in [2.45, 2.75) is 125 Å². The summed E-state index contributed by atoms with van der Waals surface area (Å²) >= 11 is 0. The van der Waals surface area contributed by atoms with Crippen LogP contribution in [0.3, 0.4) is 0 Å². The number of carbonyl (C=O) groups is 1. The van der Waals surface area contributed by atoms with Gasteiger partial charge in [0.25, 0.3) is 5.91 Å². The number of hydrogen-bond acceptors (Lipinski definition) is 3. The van der Waals surface area contributed by atoms with Crippen LogP contribution in [0.1, 0.15) is 119 Å². The zero-order chi connectivity index (χ0) is 26.3. The SMILES string of the molecule is CCC(=O)N(OC1CC[C@@]2(C)C(=CCC3C2CC[C@@]2(C)C3CC[C@@H]2[C@H](C)CCCC(C)C)C1)N(C)C.Cl. The van der Waals surface area contributed by atoms with Gasteiger partial charge in [-0.05, 0) is 97.7 Å². The van der Waals surface area contributed by atoms with E-state index in [-0.39, 0.29) is 24.4 Å². The fourth-order valence-corrected chi connectivity index (χ4v) is 9.39. The monoisotopic (exact) mass is 536 g/mol. The Morgan fingerprint density at radius 1 is 1.05 bits per heavy atom. The van der Waals surface area contributed by atoms with Crippen LogP contribution in [0.25, 0.3) is 0 Å². The Labute approximate surface area is 234 Å². The molecule has 0 saturated heterocycles. The summed E-state index contributed by atoms with van der Waals surface area (Å²) < 4.78 is 0. The van der Waals surface area contributed by atoms with Crippen molar-refractivity contribution in [1.29, 1.82) is 0 Å². The molecule has 0 aromatic rings. The Bertz CT molecular complexity index is 813. The molecule has 0 N–H and O–H groups in total. The van der Waals surface area contributed by atoms with Crippen LogP contribution in [0.2, 0.25) is 0 Å². The van der Waals surface area contributed by atoms with Crippen molar-refractivity contribution in [2.75, 3.05) is 14.1 Å². The van der Waals surface area contributed by atoms with E-state index < -0.39 is 0 Å². The van der Waals surface area contributed by atoms with E-state index in [1.54, 1.807) is 10.6 Å². The van der Waals surface area contributed by atoms with Crippen molar-refractivity contribution >= 4 is 18.3 Å². The standard InChI is InChI=1S/C32H56N2O2.ClH/c1-9-30(35)34(33(7)8)36-25-17-19-31(5)24(21-25)13-14-26-28-16-15-27(23(4)12-10-11-22(2)3)32(28,6)20-18-29(26)31;/h13,22-23,25-29H,9-12,14-21H2,1-8H3;1H/t23-,25?,26?,27-,28?,29?,31+,32-;/m1./s1. The molecule has 4 aliphatic rings. The maximum absolute atomic E-state index is 12.4. The average molecular weight is 537 g/mol. The highest BCUT2D eigenvalue weighted by atomic mass is 35.5. The summed E-state index contributed by atoms with van der Waals surface area (Å²) in [4.78, 5) is 18.7. The maximum Gasteiger partial charge on any atom is 0.261 e. The van der Waals surface area contributed by atoms with Gasteiger partial charge in [-0.3, -0.25) is 9.63 Å². The van der Waals surface area contributed by atoms with Crippen molar-refractivity contribution in [1.82, 2.24) is 10.2 Å². The number of halogens is 1. The molecule has 3 saturated carbocycles. The lowest BCUT2D eigenvalue weighted by Crippen LogP contribution is -2.52. The average Bonchev–Trinajstić information content (AvgIpc) is 3.18. The number of nitrogens with zero attached hydrogens (tertiary/aromatic N) is 2. The van der Waals surface area contributed by atoms with Gasteiger partial charge in [0.1, 0.15) is 0 Å². The van der Waals surface area contributed by atoms with Gasteiger partial charge in [0.2, 0.25) is 0 Å². The summed E-state index contributed by atoms with van der Waals surface area (Å²) in [6.45, 7) is 14.5. The Morgan fingerprint density at radius 3 is 2.43 bits per heavy atom. The highest BCUT2D eigenvalue weighted by Crippen LogP contribution is 2.67. The quantitative estimate of drug-likeness (QED) is 0.219. The third kappa shape index (κ3) is 5.97. The van der Waals surface area contributed by atoms with Crippen LogP contribution in [0.15, 0.2) is 11.6 Å². The number of allylic oxidation sites excluding steroid dienone is 1. The van der Waals surface area contributed by atoms with E-state index in [4.69, 9.17) is 4.84 Å². The van der Waals surface area contributed by atoms with Crippen molar-refractivity contribution in [3.05, 3.63) is 11.6 Å².